The molecule has 0 radical (unpaired) electrons. The number of Topliss-reactive ketones (excluding diaryl/α,β-unsaturated/α-hetero) is 1. The third kappa shape index (κ3) is 6.02. The highest BCUT2D eigenvalue weighted by Crippen LogP contribution is 2.21. The van der Waals surface area contributed by atoms with E-state index >= 15 is 0 Å². The van der Waals surface area contributed by atoms with E-state index in [0.29, 0.717) is 12.8 Å². The fourth-order valence-corrected chi connectivity index (χ4v) is 4.12. The highest BCUT2D eigenvalue weighted by atomic mass is 32.2. The molecular weight excluding hydrogens is 324 g/mol. The largest absolute Gasteiger partial charge is 0.297 e. The molecule has 0 N–H and O–H groups in total. The maximum absolute atomic E-state index is 12.5. The fourth-order valence-electron chi connectivity index (χ4n) is 3.03. The van der Waals surface area contributed by atoms with Gasteiger partial charge in [0.1, 0.15) is 6.10 Å². The van der Waals surface area contributed by atoms with Crippen molar-refractivity contribution in [1.82, 2.24) is 0 Å². The average molecular weight is 352 g/mol. The summed E-state index contributed by atoms with van der Waals surface area (Å²) < 4.78 is 30.3. The summed E-state index contributed by atoms with van der Waals surface area (Å²) in [4.78, 5) is 12.5. The maximum atomic E-state index is 12.5. The zero-order valence-corrected chi connectivity index (χ0v) is 15.3. The molecule has 24 heavy (non-hydrogen) atoms. The van der Waals surface area contributed by atoms with Crippen molar-refractivity contribution < 1.29 is 17.4 Å². The molecule has 0 saturated heterocycles. The van der Waals surface area contributed by atoms with E-state index in [1.165, 1.54) is 25.0 Å². The lowest BCUT2D eigenvalue weighted by molar-refractivity contribution is -0.126. The van der Waals surface area contributed by atoms with Crippen molar-refractivity contribution in [2.24, 2.45) is 0 Å². The molecule has 2 rings (SSSR count). The maximum Gasteiger partial charge on any atom is 0.297 e. The number of aryl methyl sites for hydroxylation is 1. The summed E-state index contributed by atoms with van der Waals surface area (Å²) in [5.74, 6) is -0.0775. The van der Waals surface area contributed by atoms with E-state index in [1.807, 2.05) is 6.92 Å². The van der Waals surface area contributed by atoms with Gasteiger partial charge in [-0.05, 0) is 31.9 Å². The van der Waals surface area contributed by atoms with Crippen LogP contribution in [-0.4, -0.2) is 20.3 Å². The summed E-state index contributed by atoms with van der Waals surface area (Å²) in [7, 11) is -3.90. The van der Waals surface area contributed by atoms with Crippen molar-refractivity contribution in [1.29, 1.82) is 0 Å². The highest BCUT2D eigenvalue weighted by molar-refractivity contribution is 7.86. The third-order valence-electron chi connectivity index (χ3n) is 4.55. The molecule has 0 spiro atoms. The van der Waals surface area contributed by atoms with Crippen molar-refractivity contribution in [3.05, 3.63) is 29.8 Å². The molecule has 1 aromatic rings. The van der Waals surface area contributed by atoms with Crippen LogP contribution in [0.25, 0.3) is 0 Å². The van der Waals surface area contributed by atoms with Crippen molar-refractivity contribution in [2.75, 3.05) is 0 Å². The molecule has 1 aromatic carbocycles. The number of ketones is 1. The molecule has 4 nitrogen and oxygen atoms in total. The monoisotopic (exact) mass is 352 g/mol. The Morgan fingerprint density at radius 3 is 2.04 bits per heavy atom. The first-order valence-electron chi connectivity index (χ1n) is 9.02. The second-order valence-corrected chi connectivity index (χ2v) is 8.26. The van der Waals surface area contributed by atoms with Crippen molar-refractivity contribution in [2.45, 2.75) is 82.1 Å². The van der Waals surface area contributed by atoms with E-state index in [9.17, 15) is 13.2 Å². The number of carbonyl (C=O) groups is 1. The van der Waals surface area contributed by atoms with Crippen LogP contribution in [0.4, 0.5) is 0 Å². The van der Waals surface area contributed by atoms with Crippen LogP contribution in [0, 0.1) is 6.92 Å². The Kier molecular flexibility index (Phi) is 7.43. The Bertz CT molecular complexity index is 619. The Balaban J connectivity index is 2.06. The Hall–Kier alpha value is -1.20. The molecule has 0 aromatic heterocycles. The van der Waals surface area contributed by atoms with Crippen LogP contribution in [0.5, 0.6) is 0 Å². The van der Waals surface area contributed by atoms with Crippen LogP contribution >= 0.6 is 0 Å². The number of hydrogen-bond acceptors (Lipinski definition) is 4. The summed E-state index contributed by atoms with van der Waals surface area (Å²) in [5.41, 5.74) is 0.982. The standard InChI is InChI=1S/C19H28O4S/c1-16-12-14-17(15-13-16)24(21,22)23-19-11-9-7-5-3-2-4-6-8-10-18(19)20/h12-15,19H,2-11H2,1H3. The molecule has 1 unspecified atom stereocenters. The van der Waals surface area contributed by atoms with Gasteiger partial charge < -0.3 is 0 Å². The lowest BCUT2D eigenvalue weighted by Gasteiger charge is -2.17. The zero-order chi connectivity index (χ0) is 17.4. The summed E-state index contributed by atoms with van der Waals surface area (Å²) in [6.07, 6.45) is 8.53. The minimum Gasteiger partial charge on any atom is -0.297 e. The van der Waals surface area contributed by atoms with E-state index in [1.54, 1.807) is 12.1 Å². The first kappa shape index (κ1) is 19.1. The SMILES string of the molecule is Cc1ccc(S(=O)(=O)OC2CCCCCCCCCCC2=O)cc1. The van der Waals surface area contributed by atoms with Gasteiger partial charge in [-0.15, -0.1) is 0 Å². The quantitative estimate of drug-likeness (QED) is 0.749. The number of hydrogen-bond donors (Lipinski definition) is 0. The zero-order valence-electron chi connectivity index (χ0n) is 14.5. The smallest absolute Gasteiger partial charge is 0.297 e. The van der Waals surface area contributed by atoms with Gasteiger partial charge in [-0.3, -0.25) is 8.98 Å². The van der Waals surface area contributed by atoms with Crippen LogP contribution < -0.4 is 0 Å². The van der Waals surface area contributed by atoms with Crippen molar-refractivity contribution >= 4 is 15.9 Å². The van der Waals surface area contributed by atoms with E-state index in [2.05, 4.69) is 0 Å². The molecule has 1 atom stereocenters. The Morgan fingerprint density at radius 1 is 0.875 bits per heavy atom. The summed E-state index contributed by atoms with van der Waals surface area (Å²) in [6.45, 7) is 1.90. The first-order valence-corrected chi connectivity index (χ1v) is 10.4. The third-order valence-corrected chi connectivity index (χ3v) is 5.89. The van der Waals surface area contributed by atoms with Gasteiger partial charge in [-0.2, -0.15) is 8.42 Å². The minimum absolute atomic E-state index is 0.0775. The van der Waals surface area contributed by atoms with Gasteiger partial charge >= 0.3 is 0 Å². The van der Waals surface area contributed by atoms with Crippen LogP contribution in [-0.2, 0) is 19.1 Å². The van der Waals surface area contributed by atoms with Gasteiger partial charge in [0.25, 0.3) is 10.1 Å². The molecule has 0 amide bonds. The molecule has 0 bridgehead atoms. The molecule has 1 aliphatic rings. The van der Waals surface area contributed by atoms with E-state index in [4.69, 9.17) is 4.18 Å². The second kappa shape index (κ2) is 9.33. The molecule has 1 aliphatic carbocycles. The molecule has 1 saturated carbocycles. The van der Waals surface area contributed by atoms with Crippen LogP contribution in [0.1, 0.15) is 69.8 Å². The topological polar surface area (TPSA) is 60.4 Å². The van der Waals surface area contributed by atoms with Crippen LogP contribution in [0.15, 0.2) is 29.2 Å². The van der Waals surface area contributed by atoms with Crippen molar-refractivity contribution in [3.63, 3.8) is 0 Å². The second-order valence-electron chi connectivity index (χ2n) is 6.69. The average Bonchev–Trinajstić information content (AvgIpc) is 2.54. The number of rotatable bonds is 3. The van der Waals surface area contributed by atoms with Crippen LogP contribution in [0.2, 0.25) is 0 Å². The lowest BCUT2D eigenvalue weighted by Crippen LogP contribution is -2.27. The number of benzene rings is 1. The molecular formula is C19H28O4S. The van der Waals surface area contributed by atoms with Crippen molar-refractivity contribution in [3.8, 4) is 0 Å². The van der Waals surface area contributed by atoms with E-state index in [-0.39, 0.29) is 10.7 Å². The van der Waals surface area contributed by atoms with E-state index in [0.717, 1.165) is 44.1 Å². The van der Waals surface area contributed by atoms with Gasteiger partial charge in [-0.1, -0.05) is 62.6 Å². The Labute approximate surface area is 145 Å². The van der Waals surface area contributed by atoms with Gasteiger partial charge in [0.15, 0.2) is 5.78 Å². The number of carbonyl (C=O) groups excluding carboxylic acids is 1. The molecule has 5 heteroatoms. The van der Waals surface area contributed by atoms with Crippen LogP contribution in [0.3, 0.4) is 0 Å². The van der Waals surface area contributed by atoms with E-state index < -0.39 is 16.2 Å². The molecule has 0 aliphatic heterocycles. The summed E-state index contributed by atoms with van der Waals surface area (Å²) in [5, 5.41) is 0. The predicted octanol–water partition coefficient (Wildman–Crippen LogP) is 4.55. The first-order chi connectivity index (χ1) is 11.5. The lowest BCUT2D eigenvalue weighted by atomic mass is 9.99. The fraction of sp³-hybridized carbons (Fsp3) is 0.632. The Morgan fingerprint density at radius 2 is 1.42 bits per heavy atom. The molecule has 1 fully saturated rings. The van der Waals surface area contributed by atoms with Gasteiger partial charge in [-0.25, -0.2) is 0 Å². The normalized spacial score (nSPS) is 21.7. The van der Waals surface area contributed by atoms with Gasteiger partial charge in [0.05, 0.1) is 4.90 Å². The predicted molar refractivity (Wildman–Crippen MR) is 94.4 cm³/mol. The molecule has 0 heterocycles. The highest BCUT2D eigenvalue weighted by Gasteiger charge is 2.26. The van der Waals surface area contributed by atoms with Gasteiger partial charge in [0.2, 0.25) is 0 Å². The van der Waals surface area contributed by atoms with Gasteiger partial charge in [0, 0.05) is 6.42 Å². The summed E-state index contributed by atoms with van der Waals surface area (Å²) in [6, 6.07) is 6.53. The minimum atomic E-state index is -3.90. The summed E-state index contributed by atoms with van der Waals surface area (Å²) >= 11 is 0. The molecule has 134 valence electrons.